The van der Waals surface area contributed by atoms with Crippen molar-refractivity contribution < 1.29 is 14.3 Å². The third-order valence-corrected chi connectivity index (χ3v) is 7.68. The van der Waals surface area contributed by atoms with Crippen LogP contribution >= 0.6 is 0 Å². The number of hydrogen-bond acceptors (Lipinski definition) is 3. The molecule has 2 saturated carbocycles. The molecule has 1 amide bonds. The first-order valence-electron chi connectivity index (χ1n) is 10.1. The summed E-state index contributed by atoms with van der Waals surface area (Å²) in [7, 11) is 0. The van der Waals surface area contributed by atoms with Gasteiger partial charge < -0.3 is 14.8 Å². The summed E-state index contributed by atoms with van der Waals surface area (Å²) in [6, 6.07) is 7.77. The van der Waals surface area contributed by atoms with Crippen molar-refractivity contribution in [3.05, 3.63) is 29.8 Å². The molecule has 2 bridgehead atoms. The van der Waals surface area contributed by atoms with Crippen molar-refractivity contribution in [2.45, 2.75) is 65.0 Å². The van der Waals surface area contributed by atoms with E-state index >= 15 is 0 Å². The van der Waals surface area contributed by atoms with E-state index in [4.69, 9.17) is 9.47 Å². The Labute approximate surface area is 156 Å². The van der Waals surface area contributed by atoms with E-state index in [0.717, 1.165) is 37.5 Å². The first-order chi connectivity index (χ1) is 12.4. The molecule has 4 rings (SSSR count). The average Bonchev–Trinajstić information content (AvgIpc) is 3.26. The quantitative estimate of drug-likeness (QED) is 0.859. The minimum Gasteiger partial charge on any atom is -0.491 e. The van der Waals surface area contributed by atoms with Gasteiger partial charge in [0.25, 0.3) is 5.91 Å². The van der Waals surface area contributed by atoms with E-state index in [-0.39, 0.29) is 23.5 Å². The van der Waals surface area contributed by atoms with E-state index in [1.807, 2.05) is 24.3 Å². The molecular weight excluding hydrogens is 326 g/mol. The fraction of sp³-hybridized carbons (Fsp3) is 0.682. The summed E-state index contributed by atoms with van der Waals surface area (Å²) in [5.41, 5.74) is 1.22. The zero-order valence-electron chi connectivity index (χ0n) is 16.2. The molecule has 2 aliphatic carbocycles. The molecule has 1 N–H and O–H groups in total. The summed E-state index contributed by atoms with van der Waals surface area (Å²) < 4.78 is 11.4. The minimum absolute atomic E-state index is 0.0326. The van der Waals surface area contributed by atoms with Crippen molar-refractivity contribution in [2.75, 3.05) is 13.2 Å². The Morgan fingerprint density at radius 1 is 1.23 bits per heavy atom. The van der Waals surface area contributed by atoms with Gasteiger partial charge in [0.2, 0.25) is 0 Å². The number of carbonyl (C=O) groups is 1. The van der Waals surface area contributed by atoms with Crippen LogP contribution in [-0.4, -0.2) is 31.3 Å². The van der Waals surface area contributed by atoms with Gasteiger partial charge in [-0.2, -0.15) is 0 Å². The maximum atomic E-state index is 12.7. The normalized spacial score (nSPS) is 34.8. The predicted molar refractivity (Wildman–Crippen MR) is 101 cm³/mol. The Balaban J connectivity index is 1.35. The number of carbonyl (C=O) groups excluding carboxylic acids is 1. The molecule has 26 heavy (non-hydrogen) atoms. The Morgan fingerprint density at radius 3 is 2.58 bits per heavy atom. The number of ether oxygens (including phenoxy) is 2. The third kappa shape index (κ3) is 2.92. The molecule has 1 heterocycles. The first kappa shape index (κ1) is 17.8. The lowest BCUT2D eigenvalue weighted by molar-refractivity contribution is 0.0679. The van der Waals surface area contributed by atoms with Crippen LogP contribution in [0.4, 0.5) is 0 Å². The zero-order chi connectivity index (χ0) is 18.4. The average molecular weight is 357 g/mol. The van der Waals surface area contributed by atoms with Crippen molar-refractivity contribution in [3.8, 4) is 5.75 Å². The predicted octanol–water partition coefficient (Wildman–Crippen LogP) is 4.19. The molecule has 1 aromatic rings. The Morgan fingerprint density at radius 2 is 2.00 bits per heavy atom. The molecule has 1 saturated heterocycles. The molecule has 4 heteroatoms. The lowest BCUT2D eigenvalue weighted by Gasteiger charge is -2.39. The van der Waals surface area contributed by atoms with E-state index < -0.39 is 0 Å². The number of amides is 1. The van der Waals surface area contributed by atoms with Crippen LogP contribution in [-0.2, 0) is 4.74 Å². The van der Waals surface area contributed by atoms with Crippen molar-refractivity contribution in [1.82, 2.24) is 5.32 Å². The molecule has 0 radical (unpaired) electrons. The summed E-state index contributed by atoms with van der Waals surface area (Å²) in [4.78, 5) is 12.7. The van der Waals surface area contributed by atoms with E-state index in [9.17, 15) is 4.79 Å². The molecule has 0 aromatic heterocycles. The molecule has 3 aliphatic rings. The van der Waals surface area contributed by atoms with Crippen LogP contribution in [0.1, 0.15) is 63.2 Å². The smallest absolute Gasteiger partial charge is 0.251 e. The van der Waals surface area contributed by atoms with Crippen LogP contribution in [0, 0.1) is 16.7 Å². The standard InChI is InChI=1S/C22H31NO3/c1-21(2)16-10-11-22(21,3)19(13-16)23-20(24)15-6-8-17(9-7-15)26-14-18-5-4-12-25-18/h6-9,16,18-19H,4-5,10-14H2,1-3H3,(H,23,24). The van der Waals surface area contributed by atoms with Gasteiger partial charge in [-0.15, -0.1) is 0 Å². The topological polar surface area (TPSA) is 47.6 Å². The Bertz CT molecular complexity index is 662. The van der Waals surface area contributed by atoms with Gasteiger partial charge in [-0.1, -0.05) is 20.8 Å². The highest BCUT2D eigenvalue weighted by molar-refractivity contribution is 5.94. The number of benzene rings is 1. The minimum atomic E-state index is 0.0326. The van der Waals surface area contributed by atoms with Crippen LogP contribution < -0.4 is 10.1 Å². The van der Waals surface area contributed by atoms with Crippen LogP contribution in [0.3, 0.4) is 0 Å². The van der Waals surface area contributed by atoms with Crippen molar-refractivity contribution >= 4 is 5.91 Å². The maximum absolute atomic E-state index is 12.7. The monoisotopic (exact) mass is 357 g/mol. The van der Waals surface area contributed by atoms with Gasteiger partial charge in [-0.25, -0.2) is 0 Å². The van der Waals surface area contributed by atoms with Gasteiger partial charge in [-0.05, 0) is 73.1 Å². The molecule has 4 atom stereocenters. The molecule has 4 unspecified atom stereocenters. The van der Waals surface area contributed by atoms with Crippen molar-refractivity contribution in [2.24, 2.45) is 16.7 Å². The highest BCUT2D eigenvalue weighted by Gasteiger charge is 2.61. The summed E-state index contributed by atoms with van der Waals surface area (Å²) in [5, 5.41) is 3.32. The first-order valence-corrected chi connectivity index (χ1v) is 10.1. The summed E-state index contributed by atoms with van der Waals surface area (Å²) in [5.74, 6) is 1.56. The van der Waals surface area contributed by atoms with Gasteiger partial charge in [0, 0.05) is 18.2 Å². The highest BCUT2D eigenvalue weighted by Crippen LogP contribution is 2.65. The molecule has 1 aromatic carbocycles. The van der Waals surface area contributed by atoms with E-state index in [1.165, 1.54) is 12.8 Å². The summed E-state index contributed by atoms with van der Waals surface area (Å²) >= 11 is 0. The lowest BCUT2D eigenvalue weighted by Crippen LogP contribution is -2.46. The zero-order valence-corrected chi connectivity index (χ0v) is 16.2. The summed E-state index contributed by atoms with van der Waals surface area (Å²) in [6.45, 7) is 8.52. The van der Waals surface area contributed by atoms with Gasteiger partial charge in [-0.3, -0.25) is 4.79 Å². The molecule has 3 fully saturated rings. The van der Waals surface area contributed by atoms with Crippen molar-refractivity contribution in [1.29, 1.82) is 0 Å². The number of hydrogen-bond donors (Lipinski definition) is 1. The SMILES string of the molecule is CC1(C)C2CCC1(C)C(NC(=O)c1ccc(OCC3CCCO3)cc1)C2. The Kier molecular flexibility index (Phi) is 4.50. The van der Waals surface area contributed by atoms with E-state index in [0.29, 0.717) is 17.6 Å². The van der Waals surface area contributed by atoms with Crippen LogP contribution in [0.5, 0.6) is 5.75 Å². The van der Waals surface area contributed by atoms with Crippen LogP contribution in [0.15, 0.2) is 24.3 Å². The largest absolute Gasteiger partial charge is 0.491 e. The highest BCUT2D eigenvalue weighted by atomic mass is 16.5. The van der Waals surface area contributed by atoms with Gasteiger partial charge in [0.15, 0.2) is 0 Å². The maximum Gasteiger partial charge on any atom is 0.251 e. The van der Waals surface area contributed by atoms with Crippen LogP contribution in [0.2, 0.25) is 0 Å². The van der Waals surface area contributed by atoms with E-state index in [2.05, 4.69) is 26.1 Å². The van der Waals surface area contributed by atoms with Gasteiger partial charge in [0.1, 0.15) is 12.4 Å². The second-order valence-electron chi connectivity index (χ2n) is 9.11. The lowest BCUT2D eigenvalue weighted by atomic mass is 9.69. The third-order valence-electron chi connectivity index (χ3n) is 7.68. The molecule has 142 valence electrons. The molecular formula is C22H31NO3. The van der Waals surface area contributed by atoms with Gasteiger partial charge in [0.05, 0.1) is 6.10 Å². The molecule has 0 spiro atoms. The second kappa shape index (κ2) is 6.56. The molecule has 4 nitrogen and oxygen atoms in total. The van der Waals surface area contributed by atoms with Gasteiger partial charge >= 0.3 is 0 Å². The number of fused-ring (bicyclic) bond motifs is 2. The van der Waals surface area contributed by atoms with Crippen molar-refractivity contribution in [3.63, 3.8) is 0 Å². The molecule has 1 aliphatic heterocycles. The summed E-state index contributed by atoms with van der Waals surface area (Å²) in [6.07, 6.45) is 6.01. The van der Waals surface area contributed by atoms with E-state index in [1.54, 1.807) is 0 Å². The Hall–Kier alpha value is -1.55. The number of nitrogens with one attached hydrogen (secondary N) is 1. The fourth-order valence-electron chi connectivity index (χ4n) is 5.33. The second-order valence-corrected chi connectivity index (χ2v) is 9.11. The van der Waals surface area contributed by atoms with Crippen LogP contribution in [0.25, 0.3) is 0 Å². The number of rotatable bonds is 5. The fourth-order valence-corrected chi connectivity index (χ4v) is 5.33.